The van der Waals surface area contributed by atoms with E-state index in [9.17, 15) is 22.8 Å². The molecule has 0 saturated heterocycles. The maximum atomic E-state index is 12.4. The number of anilines is 1. The monoisotopic (exact) mass is 425 g/mol. The fourth-order valence-electron chi connectivity index (χ4n) is 2.73. The molecule has 0 fully saturated rings. The molecule has 0 heterocycles. The molecule has 3 rings (SSSR count). The Balaban J connectivity index is 1.67. The molecule has 3 aromatic carbocycles. The van der Waals surface area contributed by atoms with Crippen molar-refractivity contribution in [1.29, 1.82) is 0 Å². The lowest BCUT2D eigenvalue weighted by molar-refractivity contribution is -0.167. The summed E-state index contributed by atoms with van der Waals surface area (Å²) >= 11 is 0. The first-order valence-electron chi connectivity index (χ1n) is 9.23. The number of hydrogen-bond donors (Lipinski definition) is 2. The maximum absolute atomic E-state index is 12.4. The van der Waals surface area contributed by atoms with E-state index in [1.807, 2.05) is 42.5 Å². The van der Waals surface area contributed by atoms with E-state index in [-0.39, 0.29) is 5.69 Å². The van der Waals surface area contributed by atoms with Crippen LogP contribution < -0.4 is 10.7 Å². The molecule has 3 aromatic rings. The number of nitrogens with zero attached hydrogens (tertiary/aromatic N) is 1. The molecule has 158 valence electrons. The Morgan fingerprint density at radius 3 is 2.10 bits per heavy atom. The maximum Gasteiger partial charge on any atom is 0.471 e. The molecule has 5 nitrogen and oxygen atoms in total. The molecule has 8 heteroatoms. The third kappa shape index (κ3) is 5.79. The minimum atomic E-state index is -4.98. The summed E-state index contributed by atoms with van der Waals surface area (Å²) in [6.45, 7) is 1.59. The van der Waals surface area contributed by atoms with Crippen molar-refractivity contribution in [2.75, 3.05) is 5.32 Å². The fourth-order valence-corrected chi connectivity index (χ4v) is 2.73. The van der Waals surface area contributed by atoms with Crippen LogP contribution in [0.5, 0.6) is 0 Å². The van der Waals surface area contributed by atoms with Crippen molar-refractivity contribution < 1.29 is 22.8 Å². The molecule has 0 unspecified atom stereocenters. The average molecular weight is 425 g/mol. The molecule has 2 N–H and O–H groups in total. The van der Waals surface area contributed by atoms with Gasteiger partial charge >= 0.3 is 12.1 Å². The summed E-state index contributed by atoms with van der Waals surface area (Å²) < 4.78 is 37.2. The number of hydrazone groups is 1. The molecule has 0 aliphatic rings. The Morgan fingerprint density at radius 2 is 1.45 bits per heavy atom. The Labute approximate surface area is 176 Å². The molecular weight excluding hydrogens is 407 g/mol. The van der Waals surface area contributed by atoms with Crippen molar-refractivity contribution in [2.45, 2.75) is 13.1 Å². The van der Waals surface area contributed by atoms with Gasteiger partial charge < -0.3 is 5.32 Å². The number of nitrogens with one attached hydrogen (secondary N) is 2. The van der Waals surface area contributed by atoms with E-state index in [0.717, 1.165) is 11.1 Å². The highest BCUT2D eigenvalue weighted by Gasteiger charge is 2.38. The lowest BCUT2D eigenvalue weighted by atomic mass is 10.0. The largest absolute Gasteiger partial charge is 0.471 e. The summed E-state index contributed by atoms with van der Waals surface area (Å²) in [5.74, 6) is -2.49. The highest BCUT2D eigenvalue weighted by Crippen LogP contribution is 2.20. The first kappa shape index (κ1) is 21.8. The van der Waals surface area contributed by atoms with Crippen LogP contribution in [0.4, 0.5) is 18.9 Å². The van der Waals surface area contributed by atoms with Crippen molar-refractivity contribution >= 4 is 23.2 Å². The highest BCUT2D eigenvalue weighted by molar-refractivity contribution is 6.02. The number of hydrogen-bond acceptors (Lipinski definition) is 3. The molecule has 0 spiro atoms. The Bertz CT molecular complexity index is 1110. The molecule has 0 atom stereocenters. The van der Waals surface area contributed by atoms with Gasteiger partial charge in [-0.25, -0.2) is 5.43 Å². The highest BCUT2D eigenvalue weighted by atomic mass is 19.4. The van der Waals surface area contributed by atoms with E-state index in [1.54, 1.807) is 30.4 Å². The number of carbonyl (C=O) groups is 2. The first-order chi connectivity index (χ1) is 14.7. The Hall–Kier alpha value is -3.94. The molecule has 31 heavy (non-hydrogen) atoms. The SMILES string of the molecule is CC(=NNC(=O)c1ccc(-c2ccccc2)cc1)c1cccc(NC(=O)C(F)(F)F)c1. The predicted octanol–water partition coefficient (Wildman–Crippen LogP) is 5.01. The van der Waals surface area contributed by atoms with Crippen LogP contribution in [0.1, 0.15) is 22.8 Å². The Morgan fingerprint density at radius 1 is 0.806 bits per heavy atom. The number of alkyl halides is 3. The topological polar surface area (TPSA) is 70.6 Å². The fraction of sp³-hybridized carbons (Fsp3) is 0.0870. The molecular formula is C23H18F3N3O2. The number of amides is 2. The van der Waals surface area contributed by atoms with Crippen molar-refractivity contribution in [3.63, 3.8) is 0 Å². The van der Waals surface area contributed by atoms with Gasteiger partial charge in [-0.3, -0.25) is 9.59 Å². The van der Waals surface area contributed by atoms with Crippen LogP contribution >= 0.6 is 0 Å². The summed E-state index contributed by atoms with van der Waals surface area (Å²) in [6.07, 6.45) is -4.98. The molecule has 0 aliphatic heterocycles. The van der Waals surface area contributed by atoms with Gasteiger partial charge in [-0.1, -0.05) is 54.6 Å². The van der Waals surface area contributed by atoms with Crippen LogP contribution in [0.15, 0.2) is 84.0 Å². The standard InChI is InChI=1S/C23H18F3N3O2/c1-15(19-8-5-9-20(14-19)27-22(31)23(24,25)26)28-29-21(30)18-12-10-17(11-13-18)16-6-3-2-4-7-16/h2-14H,1H3,(H,27,31)(H,29,30). The van der Waals surface area contributed by atoms with Gasteiger partial charge in [0.25, 0.3) is 5.91 Å². The zero-order chi connectivity index (χ0) is 22.4. The molecule has 0 bridgehead atoms. The van der Waals surface area contributed by atoms with Gasteiger partial charge in [0, 0.05) is 11.3 Å². The van der Waals surface area contributed by atoms with Gasteiger partial charge in [0.15, 0.2) is 0 Å². The second-order valence-corrected chi connectivity index (χ2v) is 6.61. The summed E-state index contributed by atoms with van der Waals surface area (Å²) in [5, 5.41) is 5.78. The van der Waals surface area contributed by atoms with E-state index < -0.39 is 18.0 Å². The van der Waals surface area contributed by atoms with Gasteiger partial charge in [-0.05, 0) is 47.9 Å². The van der Waals surface area contributed by atoms with Gasteiger partial charge in [-0.15, -0.1) is 0 Å². The minimum Gasteiger partial charge on any atom is -0.318 e. The van der Waals surface area contributed by atoms with Crippen LogP contribution in [-0.2, 0) is 4.79 Å². The summed E-state index contributed by atoms with van der Waals surface area (Å²) in [5.41, 5.74) is 5.60. The molecule has 0 radical (unpaired) electrons. The second kappa shape index (κ2) is 9.25. The van der Waals surface area contributed by atoms with E-state index in [0.29, 0.717) is 16.8 Å². The van der Waals surface area contributed by atoms with Crippen LogP contribution in [-0.4, -0.2) is 23.7 Å². The molecule has 2 amide bonds. The van der Waals surface area contributed by atoms with Crippen molar-refractivity contribution in [2.24, 2.45) is 5.10 Å². The minimum absolute atomic E-state index is 0.0304. The van der Waals surface area contributed by atoms with Crippen molar-refractivity contribution in [1.82, 2.24) is 5.43 Å². The van der Waals surface area contributed by atoms with Crippen LogP contribution in [0.25, 0.3) is 11.1 Å². The zero-order valence-corrected chi connectivity index (χ0v) is 16.4. The normalized spacial score (nSPS) is 11.7. The predicted molar refractivity (Wildman–Crippen MR) is 113 cm³/mol. The summed E-state index contributed by atoms with van der Waals surface area (Å²) in [4.78, 5) is 23.4. The van der Waals surface area contributed by atoms with Gasteiger partial charge in [0.2, 0.25) is 0 Å². The van der Waals surface area contributed by atoms with E-state index in [2.05, 4.69) is 10.5 Å². The number of benzene rings is 3. The zero-order valence-electron chi connectivity index (χ0n) is 16.4. The molecule has 0 aliphatic carbocycles. The third-order valence-electron chi connectivity index (χ3n) is 4.38. The van der Waals surface area contributed by atoms with Gasteiger partial charge in [0.1, 0.15) is 0 Å². The molecule has 0 aromatic heterocycles. The first-order valence-corrected chi connectivity index (χ1v) is 9.23. The van der Waals surface area contributed by atoms with Gasteiger partial charge in [0.05, 0.1) is 5.71 Å². The van der Waals surface area contributed by atoms with E-state index in [4.69, 9.17) is 0 Å². The summed E-state index contributed by atoms with van der Waals surface area (Å²) in [7, 11) is 0. The van der Waals surface area contributed by atoms with Crippen molar-refractivity contribution in [3.05, 3.63) is 90.0 Å². The smallest absolute Gasteiger partial charge is 0.318 e. The molecule has 0 saturated carbocycles. The summed E-state index contributed by atoms with van der Waals surface area (Å²) in [6, 6.07) is 22.5. The van der Waals surface area contributed by atoms with Crippen LogP contribution in [0, 0.1) is 0 Å². The number of halogens is 3. The van der Waals surface area contributed by atoms with E-state index in [1.165, 1.54) is 18.2 Å². The van der Waals surface area contributed by atoms with E-state index >= 15 is 0 Å². The van der Waals surface area contributed by atoms with Crippen LogP contribution in [0.2, 0.25) is 0 Å². The number of rotatable bonds is 5. The third-order valence-corrected chi connectivity index (χ3v) is 4.38. The number of carbonyl (C=O) groups excluding carboxylic acids is 2. The average Bonchev–Trinajstić information content (AvgIpc) is 2.77. The Kier molecular flexibility index (Phi) is 6.49. The lowest BCUT2D eigenvalue weighted by Crippen LogP contribution is -2.29. The second-order valence-electron chi connectivity index (χ2n) is 6.61. The van der Waals surface area contributed by atoms with Gasteiger partial charge in [-0.2, -0.15) is 18.3 Å². The van der Waals surface area contributed by atoms with Crippen molar-refractivity contribution in [3.8, 4) is 11.1 Å². The van der Waals surface area contributed by atoms with Crippen LogP contribution in [0.3, 0.4) is 0 Å². The lowest BCUT2D eigenvalue weighted by Gasteiger charge is -2.09. The quantitative estimate of drug-likeness (QED) is 0.446.